The second-order valence-electron chi connectivity index (χ2n) is 2.16. The fraction of sp³-hybridized carbons (Fsp3) is 0.286. The molecule has 0 bridgehead atoms. The van der Waals surface area contributed by atoms with Gasteiger partial charge in [0.15, 0.2) is 0 Å². The van der Waals surface area contributed by atoms with Gasteiger partial charge in [0, 0.05) is 5.33 Å². The van der Waals surface area contributed by atoms with Gasteiger partial charge in [0.1, 0.15) is 5.69 Å². The minimum absolute atomic E-state index is 0.339. The SMILES string of the molecule is Fc1cc(CBr)cc(C(F)F)n1. The average molecular weight is 240 g/mol. The molecule has 0 aliphatic carbocycles. The van der Waals surface area contributed by atoms with E-state index in [2.05, 4.69) is 20.9 Å². The summed E-state index contributed by atoms with van der Waals surface area (Å²) in [5.41, 5.74) is -0.0674. The highest BCUT2D eigenvalue weighted by Gasteiger charge is 2.10. The number of hydrogen-bond donors (Lipinski definition) is 0. The van der Waals surface area contributed by atoms with Gasteiger partial charge in [-0.3, -0.25) is 0 Å². The lowest BCUT2D eigenvalue weighted by atomic mass is 10.2. The molecule has 1 heterocycles. The Hall–Kier alpha value is -0.580. The van der Waals surface area contributed by atoms with Crippen molar-refractivity contribution in [1.82, 2.24) is 4.98 Å². The molecule has 0 saturated carbocycles. The van der Waals surface area contributed by atoms with E-state index in [1.807, 2.05) is 0 Å². The molecule has 0 N–H and O–H groups in total. The van der Waals surface area contributed by atoms with Gasteiger partial charge in [0.2, 0.25) is 5.95 Å². The summed E-state index contributed by atoms with van der Waals surface area (Å²) in [6.45, 7) is 0. The maximum atomic E-state index is 12.5. The van der Waals surface area contributed by atoms with E-state index in [1.165, 1.54) is 6.07 Å². The molecular formula is C7H5BrF3N. The van der Waals surface area contributed by atoms with Gasteiger partial charge in [-0.25, -0.2) is 13.8 Å². The smallest absolute Gasteiger partial charge is 0.219 e. The molecule has 0 fully saturated rings. The first-order valence-corrected chi connectivity index (χ1v) is 4.26. The highest BCUT2D eigenvalue weighted by molar-refractivity contribution is 9.08. The van der Waals surface area contributed by atoms with Gasteiger partial charge in [-0.15, -0.1) is 0 Å². The Morgan fingerprint density at radius 2 is 2.08 bits per heavy atom. The molecule has 1 aromatic rings. The Kier molecular flexibility index (Phi) is 3.08. The molecule has 12 heavy (non-hydrogen) atoms. The molecule has 1 nitrogen and oxygen atoms in total. The average Bonchev–Trinajstić information content (AvgIpc) is 2.03. The van der Waals surface area contributed by atoms with E-state index in [0.29, 0.717) is 10.9 Å². The van der Waals surface area contributed by atoms with E-state index < -0.39 is 18.1 Å². The van der Waals surface area contributed by atoms with E-state index in [-0.39, 0.29) is 0 Å². The third-order valence-corrected chi connectivity index (χ3v) is 1.90. The van der Waals surface area contributed by atoms with Crippen molar-refractivity contribution in [2.75, 3.05) is 0 Å². The number of hydrogen-bond acceptors (Lipinski definition) is 1. The molecule has 0 atom stereocenters. The molecule has 0 saturated heterocycles. The first-order valence-electron chi connectivity index (χ1n) is 3.14. The van der Waals surface area contributed by atoms with Crippen molar-refractivity contribution in [2.45, 2.75) is 11.8 Å². The van der Waals surface area contributed by atoms with Crippen molar-refractivity contribution >= 4 is 15.9 Å². The summed E-state index contributed by atoms with van der Waals surface area (Å²) in [7, 11) is 0. The molecule has 0 amide bonds. The third-order valence-electron chi connectivity index (χ3n) is 1.25. The second-order valence-corrected chi connectivity index (χ2v) is 2.72. The molecule has 0 radical (unpaired) electrons. The van der Waals surface area contributed by atoms with Crippen molar-refractivity contribution in [3.8, 4) is 0 Å². The van der Waals surface area contributed by atoms with Crippen LogP contribution in [0.3, 0.4) is 0 Å². The van der Waals surface area contributed by atoms with Crippen LogP contribution < -0.4 is 0 Å². The Balaban J connectivity index is 3.06. The monoisotopic (exact) mass is 239 g/mol. The Morgan fingerprint density at radius 3 is 2.58 bits per heavy atom. The van der Waals surface area contributed by atoms with Crippen molar-refractivity contribution in [3.63, 3.8) is 0 Å². The fourth-order valence-corrected chi connectivity index (χ4v) is 1.09. The van der Waals surface area contributed by atoms with Gasteiger partial charge in [-0.2, -0.15) is 4.39 Å². The van der Waals surface area contributed by atoms with Crippen molar-refractivity contribution < 1.29 is 13.2 Å². The van der Waals surface area contributed by atoms with E-state index in [4.69, 9.17) is 0 Å². The summed E-state index contributed by atoms with van der Waals surface area (Å²) in [5.74, 6) is -0.873. The van der Waals surface area contributed by atoms with Gasteiger partial charge in [-0.05, 0) is 17.7 Å². The first-order chi connectivity index (χ1) is 5.63. The number of halogens is 4. The molecule has 0 aromatic carbocycles. The third kappa shape index (κ3) is 2.20. The van der Waals surface area contributed by atoms with Gasteiger partial charge in [0.25, 0.3) is 6.43 Å². The van der Waals surface area contributed by atoms with Crippen LogP contribution in [0.15, 0.2) is 12.1 Å². The minimum atomic E-state index is -2.72. The molecule has 5 heteroatoms. The zero-order valence-electron chi connectivity index (χ0n) is 5.90. The van der Waals surface area contributed by atoms with Crippen molar-refractivity contribution in [2.24, 2.45) is 0 Å². The van der Waals surface area contributed by atoms with Crippen LogP contribution in [-0.4, -0.2) is 4.98 Å². The van der Waals surface area contributed by atoms with Gasteiger partial charge in [-0.1, -0.05) is 15.9 Å². The van der Waals surface area contributed by atoms with Crippen molar-refractivity contribution in [1.29, 1.82) is 0 Å². The van der Waals surface area contributed by atoms with Crippen LogP contribution in [0.5, 0.6) is 0 Å². The molecule has 0 unspecified atom stereocenters. The van der Waals surface area contributed by atoms with Crippen LogP contribution in [-0.2, 0) is 5.33 Å². The lowest BCUT2D eigenvalue weighted by molar-refractivity contribution is 0.144. The molecule has 66 valence electrons. The zero-order chi connectivity index (χ0) is 9.14. The summed E-state index contributed by atoms with van der Waals surface area (Å²) < 4.78 is 36.5. The number of pyridine rings is 1. The minimum Gasteiger partial charge on any atom is -0.219 e. The molecule has 0 aliphatic rings. The Morgan fingerprint density at radius 1 is 1.42 bits per heavy atom. The molecule has 1 rings (SSSR count). The normalized spacial score (nSPS) is 10.8. The largest absolute Gasteiger partial charge is 0.280 e. The molecule has 1 aromatic heterocycles. The van der Waals surface area contributed by atoms with E-state index >= 15 is 0 Å². The molecule has 0 aliphatic heterocycles. The Bertz CT molecular complexity index is 277. The van der Waals surface area contributed by atoms with E-state index in [1.54, 1.807) is 0 Å². The number of rotatable bonds is 2. The maximum absolute atomic E-state index is 12.5. The summed E-state index contributed by atoms with van der Waals surface area (Å²) in [5, 5.41) is 0.339. The predicted molar refractivity (Wildman–Crippen MR) is 41.8 cm³/mol. The zero-order valence-corrected chi connectivity index (χ0v) is 7.48. The summed E-state index contributed by atoms with van der Waals surface area (Å²) >= 11 is 3.04. The summed E-state index contributed by atoms with van der Waals surface area (Å²) in [6.07, 6.45) is -2.72. The van der Waals surface area contributed by atoms with Crippen LogP contribution in [0.4, 0.5) is 13.2 Å². The van der Waals surface area contributed by atoms with Crippen LogP contribution in [0.1, 0.15) is 17.7 Å². The van der Waals surface area contributed by atoms with Crippen LogP contribution in [0, 0.1) is 5.95 Å². The van der Waals surface area contributed by atoms with Gasteiger partial charge in [0.05, 0.1) is 0 Å². The highest BCUT2D eigenvalue weighted by atomic mass is 79.9. The standard InChI is InChI=1S/C7H5BrF3N/c8-3-4-1-5(7(10)11)12-6(9)2-4/h1-2,7H,3H2. The lowest BCUT2D eigenvalue weighted by Gasteiger charge is -2.00. The van der Waals surface area contributed by atoms with Crippen molar-refractivity contribution in [3.05, 3.63) is 29.3 Å². The van der Waals surface area contributed by atoms with Crippen LogP contribution in [0.2, 0.25) is 0 Å². The van der Waals surface area contributed by atoms with Crippen LogP contribution >= 0.6 is 15.9 Å². The highest BCUT2D eigenvalue weighted by Crippen LogP contribution is 2.19. The summed E-state index contributed by atoms with van der Waals surface area (Å²) in [6, 6.07) is 2.28. The van der Waals surface area contributed by atoms with Gasteiger partial charge >= 0.3 is 0 Å². The predicted octanol–water partition coefficient (Wildman–Crippen LogP) is 3.05. The number of nitrogens with zero attached hydrogens (tertiary/aromatic N) is 1. The van der Waals surface area contributed by atoms with Crippen LogP contribution in [0.25, 0.3) is 0 Å². The lowest BCUT2D eigenvalue weighted by Crippen LogP contribution is -1.95. The van der Waals surface area contributed by atoms with E-state index in [9.17, 15) is 13.2 Å². The second kappa shape index (κ2) is 3.89. The maximum Gasteiger partial charge on any atom is 0.280 e. The quantitative estimate of drug-likeness (QED) is 0.571. The molecule has 0 spiro atoms. The van der Waals surface area contributed by atoms with Gasteiger partial charge < -0.3 is 0 Å². The Labute approximate surface area is 75.7 Å². The topological polar surface area (TPSA) is 12.9 Å². The fourth-order valence-electron chi connectivity index (χ4n) is 0.761. The first kappa shape index (κ1) is 9.51. The summed E-state index contributed by atoms with van der Waals surface area (Å²) in [4.78, 5) is 3.04. The number of alkyl halides is 3. The van der Waals surface area contributed by atoms with E-state index in [0.717, 1.165) is 6.07 Å². The number of aromatic nitrogens is 1. The molecular weight excluding hydrogens is 235 g/mol.